The minimum atomic E-state index is 0.169. The highest BCUT2D eigenvalue weighted by atomic mass is 35.5. The molecule has 0 aliphatic carbocycles. The van der Waals surface area contributed by atoms with Gasteiger partial charge in [-0.3, -0.25) is 0 Å². The van der Waals surface area contributed by atoms with Crippen LogP contribution < -0.4 is 14.8 Å². The Bertz CT molecular complexity index is 912. The zero-order valence-electron chi connectivity index (χ0n) is 14.0. The van der Waals surface area contributed by atoms with E-state index in [2.05, 4.69) is 33.5 Å². The number of halogens is 1. The maximum absolute atomic E-state index is 6.10. The Hall–Kier alpha value is -2.53. The van der Waals surface area contributed by atoms with Gasteiger partial charge in [0.1, 0.15) is 5.82 Å². The Balaban J connectivity index is 2.17. The first-order chi connectivity index (χ1) is 11.5. The Morgan fingerprint density at radius 2 is 1.67 bits per heavy atom. The van der Waals surface area contributed by atoms with Gasteiger partial charge in [0, 0.05) is 17.1 Å². The van der Waals surface area contributed by atoms with E-state index in [0.29, 0.717) is 22.8 Å². The second-order valence-corrected chi connectivity index (χ2v) is 5.85. The van der Waals surface area contributed by atoms with E-state index in [9.17, 15) is 0 Å². The maximum atomic E-state index is 6.10. The molecule has 5 nitrogen and oxygen atoms in total. The smallest absolute Gasteiger partial charge is 0.224 e. The van der Waals surface area contributed by atoms with Crippen LogP contribution in [0.5, 0.6) is 11.5 Å². The van der Waals surface area contributed by atoms with Crippen LogP contribution in [0.4, 0.5) is 11.5 Å². The van der Waals surface area contributed by atoms with Crippen LogP contribution in [-0.2, 0) is 0 Å². The summed E-state index contributed by atoms with van der Waals surface area (Å²) in [5.41, 5.74) is 3.93. The zero-order chi connectivity index (χ0) is 17.3. The highest BCUT2D eigenvalue weighted by molar-refractivity contribution is 6.28. The fraction of sp³-hybridized carbons (Fsp3) is 0.222. The first-order valence-electron chi connectivity index (χ1n) is 7.45. The Kier molecular flexibility index (Phi) is 4.44. The molecule has 0 atom stereocenters. The van der Waals surface area contributed by atoms with Gasteiger partial charge in [-0.05, 0) is 48.7 Å². The van der Waals surface area contributed by atoms with Crippen molar-refractivity contribution < 1.29 is 9.47 Å². The van der Waals surface area contributed by atoms with Gasteiger partial charge in [0.2, 0.25) is 5.28 Å². The molecule has 0 aliphatic heterocycles. The summed E-state index contributed by atoms with van der Waals surface area (Å²) in [5.74, 6) is 1.83. The van der Waals surface area contributed by atoms with Gasteiger partial charge in [0.15, 0.2) is 11.5 Å². The van der Waals surface area contributed by atoms with Gasteiger partial charge < -0.3 is 14.8 Å². The first kappa shape index (κ1) is 16.3. The number of benzene rings is 2. The molecule has 6 heteroatoms. The van der Waals surface area contributed by atoms with E-state index in [1.54, 1.807) is 20.3 Å². The third-order valence-corrected chi connectivity index (χ3v) is 3.99. The molecule has 0 aliphatic rings. The van der Waals surface area contributed by atoms with Crippen molar-refractivity contribution in [1.29, 1.82) is 0 Å². The molecule has 3 rings (SSSR count). The fourth-order valence-corrected chi connectivity index (χ4v) is 2.70. The molecule has 0 unspecified atom stereocenters. The van der Waals surface area contributed by atoms with Crippen LogP contribution in [0, 0.1) is 13.8 Å². The summed E-state index contributed by atoms with van der Waals surface area (Å²) in [5, 5.41) is 4.33. The van der Waals surface area contributed by atoms with Gasteiger partial charge in [-0.1, -0.05) is 12.1 Å². The number of anilines is 2. The van der Waals surface area contributed by atoms with Crippen LogP contribution in [0.2, 0.25) is 5.28 Å². The number of methoxy groups -OCH3 is 2. The molecule has 0 saturated carbocycles. The quantitative estimate of drug-likeness (QED) is 0.698. The number of fused-ring (bicyclic) bond motifs is 1. The highest BCUT2D eigenvalue weighted by Gasteiger charge is 2.13. The van der Waals surface area contributed by atoms with Crippen molar-refractivity contribution in [1.82, 2.24) is 9.97 Å². The Labute approximate surface area is 145 Å². The van der Waals surface area contributed by atoms with Crippen molar-refractivity contribution in [3.8, 4) is 11.5 Å². The van der Waals surface area contributed by atoms with Crippen molar-refractivity contribution >= 4 is 34.0 Å². The molecule has 2 aromatic carbocycles. The van der Waals surface area contributed by atoms with Gasteiger partial charge in [-0.2, -0.15) is 4.98 Å². The molecular weight excluding hydrogens is 326 g/mol. The topological polar surface area (TPSA) is 56.3 Å². The molecule has 3 aromatic rings. The summed E-state index contributed by atoms with van der Waals surface area (Å²) >= 11 is 6.10. The molecular formula is C18H18ClN3O2. The lowest BCUT2D eigenvalue weighted by molar-refractivity contribution is 0.356. The standard InChI is InChI=1S/C18H18ClN3O2/c1-10-5-6-11(2)13(7-10)20-17-12-8-15(23-3)16(24-4)9-14(12)21-18(19)22-17/h5-9H,1-4H3,(H,20,21,22). The average molecular weight is 344 g/mol. The summed E-state index contributed by atoms with van der Waals surface area (Å²) in [6.07, 6.45) is 0. The molecule has 24 heavy (non-hydrogen) atoms. The van der Waals surface area contributed by atoms with Crippen LogP contribution in [-0.4, -0.2) is 24.2 Å². The number of rotatable bonds is 4. The zero-order valence-corrected chi connectivity index (χ0v) is 14.7. The number of ether oxygens (including phenoxy) is 2. The van der Waals surface area contributed by atoms with Gasteiger partial charge in [0.25, 0.3) is 0 Å². The SMILES string of the molecule is COc1cc2nc(Cl)nc(Nc3cc(C)ccc3C)c2cc1OC. The Morgan fingerprint density at radius 1 is 0.958 bits per heavy atom. The van der Waals surface area contributed by atoms with Crippen LogP contribution in [0.25, 0.3) is 10.9 Å². The largest absolute Gasteiger partial charge is 0.493 e. The lowest BCUT2D eigenvalue weighted by Crippen LogP contribution is -2.00. The minimum Gasteiger partial charge on any atom is -0.493 e. The number of nitrogens with zero attached hydrogens (tertiary/aromatic N) is 2. The molecule has 0 saturated heterocycles. The van der Waals surface area contributed by atoms with Crippen molar-refractivity contribution in [3.05, 3.63) is 46.7 Å². The molecule has 0 fully saturated rings. The third-order valence-electron chi connectivity index (χ3n) is 3.82. The monoisotopic (exact) mass is 343 g/mol. The number of hydrogen-bond donors (Lipinski definition) is 1. The van der Waals surface area contributed by atoms with E-state index in [-0.39, 0.29) is 5.28 Å². The molecule has 1 aromatic heterocycles. The van der Waals surface area contributed by atoms with Gasteiger partial charge in [0.05, 0.1) is 19.7 Å². The van der Waals surface area contributed by atoms with E-state index in [1.807, 2.05) is 19.9 Å². The van der Waals surface area contributed by atoms with Gasteiger partial charge in [-0.15, -0.1) is 0 Å². The predicted molar refractivity (Wildman–Crippen MR) is 96.9 cm³/mol. The third kappa shape index (κ3) is 3.08. The van der Waals surface area contributed by atoms with Crippen molar-refractivity contribution in [3.63, 3.8) is 0 Å². The summed E-state index contributed by atoms with van der Waals surface area (Å²) < 4.78 is 10.7. The molecule has 0 bridgehead atoms. The van der Waals surface area contributed by atoms with E-state index < -0.39 is 0 Å². The number of aryl methyl sites for hydroxylation is 2. The molecule has 1 heterocycles. The Morgan fingerprint density at radius 3 is 2.38 bits per heavy atom. The van der Waals surface area contributed by atoms with E-state index >= 15 is 0 Å². The lowest BCUT2D eigenvalue weighted by atomic mass is 10.1. The minimum absolute atomic E-state index is 0.169. The van der Waals surface area contributed by atoms with E-state index in [1.165, 1.54) is 0 Å². The number of hydrogen-bond acceptors (Lipinski definition) is 5. The second-order valence-electron chi connectivity index (χ2n) is 5.51. The maximum Gasteiger partial charge on any atom is 0.224 e. The lowest BCUT2D eigenvalue weighted by Gasteiger charge is -2.14. The van der Waals surface area contributed by atoms with Crippen molar-refractivity contribution in [2.75, 3.05) is 19.5 Å². The van der Waals surface area contributed by atoms with Crippen molar-refractivity contribution in [2.45, 2.75) is 13.8 Å². The first-order valence-corrected chi connectivity index (χ1v) is 7.83. The summed E-state index contributed by atoms with van der Waals surface area (Å²) in [4.78, 5) is 8.63. The van der Waals surface area contributed by atoms with Crippen LogP contribution >= 0.6 is 11.6 Å². The molecule has 124 valence electrons. The summed E-state index contributed by atoms with van der Waals surface area (Å²) in [6.45, 7) is 4.08. The average Bonchev–Trinajstić information content (AvgIpc) is 2.56. The van der Waals surface area contributed by atoms with Gasteiger partial charge in [-0.25, -0.2) is 4.98 Å². The number of nitrogens with one attached hydrogen (secondary N) is 1. The van der Waals surface area contributed by atoms with Gasteiger partial charge >= 0.3 is 0 Å². The molecule has 0 spiro atoms. The van der Waals surface area contributed by atoms with Crippen molar-refractivity contribution in [2.24, 2.45) is 0 Å². The highest BCUT2D eigenvalue weighted by Crippen LogP contribution is 2.35. The normalized spacial score (nSPS) is 10.7. The second kappa shape index (κ2) is 6.53. The fourth-order valence-electron chi connectivity index (χ4n) is 2.52. The van der Waals surface area contributed by atoms with Crippen LogP contribution in [0.3, 0.4) is 0 Å². The predicted octanol–water partition coefficient (Wildman–Crippen LogP) is 4.66. The summed E-state index contributed by atoms with van der Waals surface area (Å²) in [6, 6.07) is 9.83. The number of aromatic nitrogens is 2. The van der Waals surface area contributed by atoms with E-state index in [0.717, 1.165) is 22.2 Å². The molecule has 0 radical (unpaired) electrons. The molecule has 1 N–H and O–H groups in total. The van der Waals surface area contributed by atoms with Crippen LogP contribution in [0.1, 0.15) is 11.1 Å². The summed E-state index contributed by atoms with van der Waals surface area (Å²) in [7, 11) is 3.18. The molecule has 0 amide bonds. The van der Waals surface area contributed by atoms with E-state index in [4.69, 9.17) is 21.1 Å². The van der Waals surface area contributed by atoms with Crippen LogP contribution in [0.15, 0.2) is 30.3 Å².